The van der Waals surface area contributed by atoms with Crippen molar-refractivity contribution in [2.24, 2.45) is 4.99 Å². The molecule has 1 aliphatic carbocycles. The number of carbonyl (C=O) groups excluding carboxylic acids is 1. The zero-order valence-electron chi connectivity index (χ0n) is 15.8. The summed E-state index contributed by atoms with van der Waals surface area (Å²) in [6.45, 7) is 9.55. The molecule has 0 spiro atoms. The molecule has 25 heavy (non-hydrogen) atoms. The van der Waals surface area contributed by atoms with Gasteiger partial charge < -0.3 is 20.3 Å². The van der Waals surface area contributed by atoms with E-state index in [1.807, 2.05) is 38.8 Å². The topological polar surface area (TPSA) is 78.9 Å². The van der Waals surface area contributed by atoms with E-state index >= 15 is 0 Å². The Morgan fingerprint density at radius 1 is 1.44 bits per heavy atom. The maximum absolute atomic E-state index is 12.3. The number of nitrogens with one attached hydrogen (secondary N) is 2. The van der Waals surface area contributed by atoms with Gasteiger partial charge in [-0.1, -0.05) is 0 Å². The second-order valence-electron chi connectivity index (χ2n) is 7.12. The first-order valence-corrected chi connectivity index (χ1v) is 9.45. The molecule has 0 saturated heterocycles. The quantitative estimate of drug-likeness (QED) is 0.597. The average Bonchev–Trinajstić information content (AvgIpc) is 3.26. The molecular weight excluding hydrogens is 338 g/mol. The second kappa shape index (κ2) is 8.51. The minimum Gasteiger partial charge on any atom is -0.444 e. The van der Waals surface area contributed by atoms with Gasteiger partial charge in [-0.05, 0) is 40.5 Å². The fraction of sp³-hybridized carbons (Fsp3) is 0.706. The van der Waals surface area contributed by atoms with Crippen LogP contribution in [0.2, 0.25) is 0 Å². The number of thiazole rings is 1. The van der Waals surface area contributed by atoms with Crippen LogP contribution in [0.15, 0.2) is 11.2 Å². The van der Waals surface area contributed by atoms with Gasteiger partial charge in [0.15, 0.2) is 5.96 Å². The number of nitrogens with zero attached hydrogens (tertiary/aromatic N) is 3. The number of aromatic nitrogens is 1. The Labute approximate surface area is 153 Å². The molecule has 1 aliphatic rings. The number of carbonyl (C=O) groups is 1. The van der Waals surface area contributed by atoms with Gasteiger partial charge in [0.1, 0.15) is 10.6 Å². The molecular formula is C17H29N5O2S. The molecule has 8 heteroatoms. The van der Waals surface area contributed by atoms with E-state index in [-0.39, 0.29) is 6.09 Å². The lowest BCUT2D eigenvalue weighted by molar-refractivity contribution is 0.0238. The highest BCUT2D eigenvalue weighted by Crippen LogP contribution is 2.28. The highest BCUT2D eigenvalue weighted by molar-refractivity contribution is 7.11. The van der Waals surface area contributed by atoms with Gasteiger partial charge in [-0.25, -0.2) is 9.78 Å². The third kappa shape index (κ3) is 6.89. The Bertz CT molecular complexity index is 604. The average molecular weight is 368 g/mol. The first kappa shape index (κ1) is 19.5. The van der Waals surface area contributed by atoms with Crippen molar-refractivity contribution in [2.45, 2.75) is 58.7 Å². The van der Waals surface area contributed by atoms with E-state index in [4.69, 9.17) is 4.74 Å². The van der Waals surface area contributed by atoms with Crippen LogP contribution in [-0.2, 0) is 11.3 Å². The molecule has 1 heterocycles. The van der Waals surface area contributed by atoms with Crippen molar-refractivity contribution in [1.29, 1.82) is 0 Å². The summed E-state index contributed by atoms with van der Waals surface area (Å²) in [5.41, 5.74) is -0.471. The maximum Gasteiger partial charge on any atom is 0.410 e. The van der Waals surface area contributed by atoms with E-state index in [0.717, 1.165) is 17.8 Å². The maximum atomic E-state index is 12.3. The molecule has 0 atom stereocenters. The lowest BCUT2D eigenvalue weighted by Gasteiger charge is -2.27. The van der Waals surface area contributed by atoms with E-state index in [2.05, 4.69) is 20.6 Å². The van der Waals surface area contributed by atoms with Gasteiger partial charge in [0.05, 0.1) is 6.54 Å². The molecule has 0 aromatic carbocycles. The van der Waals surface area contributed by atoms with Gasteiger partial charge in [0, 0.05) is 37.3 Å². The minimum absolute atomic E-state index is 0.238. The Morgan fingerprint density at radius 3 is 2.68 bits per heavy atom. The zero-order chi connectivity index (χ0) is 18.4. The first-order valence-electron chi connectivity index (χ1n) is 8.64. The van der Waals surface area contributed by atoms with Gasteiger partial charge in [0.25, 0.3) is 0 Å². The van der Waals surface area contributed by atoms with Crippen LogP contribution in [-0.4, -0.2) is 53.7 Å². The van der Waals surface area contributed by atoms with Gasteiger partial charge in [-0.2, -0.15) is 0 Å². The Kier molecular flexibility index (Phi) is 6.64. The summed E-state index contributed by atoms with van der Waals surface area (Å²) in [6.07, 6.45) is 3.73. The van der Waals surface area contributed by atoms with E-state index < -0.39 is 5.60 Å². The normalized spacial score (nSPS) is 15.0. The first-order chi connectivity index (χ1) is 11.8. The molecule has 1 aromatic rings. The predicted molar refractivity (Wildman–Crippen MR) is 101 cm³/mol. The van der Waals surface area contributed by atoms with E-state index in [0.29, 0.717) is 31.6 Å². The third-order valence-corrected chi connectivity index (χ3v) is 4.47. The van der Waals surface area contributed by atoms with Crippen LogP contribution in [0, 0.1) is 6.92 Å². The van der Waals surface area contributed by atoms with Crippen LogP contribution in [0.25, 0.3) is 0 Å². The minimum atomic E-state index is -0.471. The lowest BCUT2D eigenvalue weighted by Crippen LogP contribution is -2.45. The molecule has 1 amide bonds. The van der Waals surface area contributed by atoms with E-state index in [1.165, 1.54) is 4.88 Å². The van der Waals surface area contributed by atoms with Crippen molar-refractivity contribution in [3.63, 3.8) is 0 Å². The van der Waals surface area contributed by atoms with Crippen molar-refractivity contribution >= 4 is 23.4 Å². The van der Waals surface area contributed by atoms with E-state index in [1.54, 1.807) is 18.4 Å². The zero-order valence-corrected chi connectivity index (χ0v) is 16.6. The fourth-order valence-electron chi connectivity index (χ4n) is 2.29. The van der Waals surface area contributed by atoms with Crippen LogP contribution >= 0.6 is 11.3 Å². The monoisotopic (exact) mass is 367 g/mol. The highest BCUT2D eigenvalue weighted by Gasteiger charge is 2.34. The van der Waals surface area contributed by atoms with Gasteiger partial charge in [-0.15, -0.1) is 11.3 Å². The molecule has 7 nitrogen and oxygen atoms in total. The molecule has 0 bridgehead atoms. The molecule has 0 aliphatic heterocycles. The van der Waals surface area contributed by atoms with Gasteiger partial charge in [0.2, 0.25) is 0 Å². The molecule has 1 fully saturated rings. The SMILES string of the molecule is CN=C(NCCN(C(=O)OC(C)(C)C)C1CC1)NCc1ncc(C)s1. The molecule has 140 valence electrons. The van der Waals surface area contributed by atoms with Crippen molar-refractivity contribution in [2.75, 3.05) is 20.1 Å². The fourth-order valence-corrected chi connectivity index (χ4v) is 3.01. The largest absolute Gasteiger partial charge is 0.444 e. The number of rotatable bonds is 6. The number of amides is 1. The molecule has 1 saturated carbocycles. The third-order valence-electron chi connectivity index (χ3n) is 3.56. The summed E-state index contributed by atoms with van der Waals surface area (Å²) in [5.74, 6) is 0.702. The van der Waals surface area contributed by atoms with Crippen LogP contribution in [0.3, 0.4) is 0 Å². The standard InChI is InChI=1S/C17H29N5O2S/c1-12-10-20-14(25-12)11-21-15(18-5)19-8-9-22(13-6-7-13)16(23)24-17(2,3)4/h10,13H,6-9,11H2,1-5H3,(H2,18,19,21). The number of ether oxygens (including phenoxy) is 1. The Hall–Kier alpha value is -1.83. The van der Waals surface area contributed by atoms with Crippen LogP contribution in [0.1, 0.15) is 43.5 Å². The molecule has 0 unspecified atom stereocenters. The summed E-state index contributed by atoms with van der Waals surface area (Å²) >= 11 is 1.66. The van der Waals surface area contributed by atoms with Gasteiger partial charge in [-0.3, -0.25) is 4.99 Å². The number of hydrogen-bond acceptors (Lipinski definition) is 5. The van der Waals surface area contributed by atoms with Crippen molar-refractivity contribution in [3.05, 3.63) is 16.1 Å². The smallest absolute Gasteiger partial charge is 0.410 e. The Balaban J connectivity index is 1.76. The molecule has 0 radical (unpaired) electrons. The highest BCUT2D eigenvalue weighted by atomic mass is 32.1. The summed E-state index contributed by atoms with van der Waals surface area (Å²) in [4.78, 5) is 23.9. The number of hydrogen-bond donors (Lipinski definition) is 2. The summed E-state index contributed by atoms with van der Waals surface area (Å²) < 4.78 is 5.50. The lowest BCUT2D eigenvalue weighted by atomic mass is 10.2. The number of guanidine groups is 1. The molecule has 2 N–H and O–H groups in total. The summed E-state index contributed by atoms with van der Waals surface area (Å²) in [7, 11) is 1.73. The molecule has 1 aromatic heterocycles. The van der Waals surface area contributed by atoms with Crippen LogP contribution in [0.4, 0.5) is 4.79 Å². The van der Waals surface area contributed by atoms with Crippen LogP contribution < -0.4 is 10.6 Å². The van der Waals surface area contributed by atoms with E-state index in [9.17, 15) is 4.79 Å². The van der Waals surface area contributed by atoms with Gasteiger partial charge >= 0.3 is 6.09 Å². The number of aliphatic imine (C=N–C) groups is 1. The van der Waals surface area contributed by atoms with Crippen LogP contribution in [0.5, 0.6) is 0 Å². The Morgan fingerprint density at radius 2 is 2.16 bits per heavy atom. The van der Waals surface area contributed by atoms with Crippen molar-refractivity contribution in [1.82, 2.24) is 20.5 Å². The number of aryl methyl sites for hydroxylation is 1. The van der Waals surface area contributed by atoms with Crippen molar-refractivity contribution < 1.29 is 9.53 Å². The molecule has 2 rings (SSSR count). The van der Waals surface area contributed by atoms with Crippen molar-refractivity contribution in [3.8, 4) is 0 Å². The summed E-state index contributed by atoms with van der Waals surface area (Å²) in [5, 5.41) is 7.50. The predicted octanol–water partition coefficient (Wildman–Crippen LogP) is 2.52. The second-order valence-corrected chi connectivity index (χ2v) is 8.44. The summed E-state index contributed by atoms with van der Waals surface area (Å²) in [6, 6.07) is 0.310.